The summed E-state index contributed by atoms with van der Waals surface area (Å²) >= 11 is 0. The normalized spacial score (nSPS) is 24.3. The zero-order valence-corrected chi connectivity index (χ0v) is 8.56. The number of benzene rings is 1. The van der Waals surface area contributed by atoms with Crippen molar-refractivity contribution >= 4 is 10.8 Å². The van der Waals surface area contributed by atoms with Crippen LogP contribution in [0.15, 0.2) is 36.7 Å². The summed E-state index contributed by atoms with van der Waals surface area (Å²) in [5, 5.41) is 2.58. The molecule has 1 saturated carbocycles. The Morgan fingerprint density at radius 2 is 2.13 bits per heavy atom. The van der Waals surface area contributed by atoms with Gasteiger partial charge in [-0.15, -0.1) is 0 Å². The average molecular weight is 198 g/mol. The third-order valence-corrected chi connectivity index (χ3v) is 3.32. The lowest BCUT2D eigenvalue weighted by Gasteiger charge is -2.04. The van der Waals surface area contributed by atoms with Crippen LogP contribution in [0.1, 0.15) is 17.9 Å². The summed E-state index contributed by atoms with van der Waals surface area (Å²) in [7, 11) is 0. The predicted octanol–water partition coefficient (Wildman–Crippen LogP) is 2.30. The summed E-state index contributed by atoms with van der Waals surface area (Å²) in [4.78, 5) is 4.30. The molecule has 1 fully saturated rings. The fourth-order valence-electron chi connectivity index (χ4n) is 2.32. The van der Waals surface area contributed by atoms with Crippen molar-refractivity contribution < 1.29 is 0 Å². The maximum atomic E-state index is 5.69. The number of nitrogens with two attached hydrogens (primary N) is 1. The van der Waals surface area contributed by atoms with Crippen LogP contribution in [-0.4, -0.2) is 11.5 Å². The van der Waals surface area contributed by atoms with Crippen LogP contribution in [0.2, 0.25) is 0 Å². The van der Waals surface area contributed by atoms with Crippen LogP contribution < -0.4 is 5.73 Å². The maximum absolute atomic E-state index is 5.69. The third kappa shape index (κ3) is 1.41. The van der Waals surface area contributed by atoms with E-state index in [0.29, 0.717) is 11.8 Å². The van der Waals surface area contributed by atoms with Gasteiger partial charge in [0.1, 0.15) is 0 Å². The van der Waals surface area contributed by atoms with E-state index in [-0.39, 0.29) is 0 Å². The van der Waals surface area contributed by atoms with E-state index >= 15 is 0 Å². The fraction of sp³-hybridized carbons (Fsp3) is 0.308. The monoisotopic (exact) mass is 198 g/mol. The van der Waals surface area contributed by atoms with E-state index in [2.05, 4.69) is 29.2 Å². The van der Waals surface area contributed by atoms with Gasteiger partial charge < -0.3 is 5.73 Å². The Bertz CT molecular complexity index is 487. The van der Waals surface area contributed by atoms with Gasteiger partial charge in [-0.05, 0) is 35.8 Å². The minimum atomic E-state index is 0.647. The third-order valence-electron chi connectivity index (χ3n) is 3.32. The van der Waals surface area contributed by atoms with Gasteiger partial charge in [-0.3, -0.25) is 4.98 Å². The number of hydrogen-bond acceptors (Lipinski definition) is 2. The molecule has 2 atom stereocenters. The molecule has 1 aromatic heterocycles. The van der Waals surface area contributed by atoms with Crippen molar-refractivity contribution in [3.05, 3.63) is 42.2 Å². The first-order valence-electron chi connectivity index (χ1n) is 5.43. The molecule has 2 N–H and O–H groups in total. The van der Waals surface area contributed by atoms with Gasteiger partial charge in [0.05, 0.1) is 0 Å². The summed E-state index contributed by atoms with van der Waals surface area (Å²) in [5.41, 5.74) is 7.06. The second kappa shape index (κ2) is 3.31. The van der Waals surface area contributed by atoms with Gasteiger partial charge in [-0.1, -0.05) is 24.3 Å². The summed E-state index contributed by atoms with van der Waals surface area (Å²) < 4.78 is 0. The van der Waals surface area contributed by atoms with Crippen molar-refractivity contribution in [3.63, 3.8) is 0 Å². The van der Waals surface area contributed by atoms with Gasteiger partial charge in [-0.2, -0.15) is 0 Å². The zero-order valence-electron chi connectivity index (χ0n) is 8.56. The molecule has 15 heavy (non-hydrogen) atoms. The standard InChI is InChI=1S/C13H14N2/c14-6-10-5-12(10)13-8-15-7-9-3-1-2-4-11(9)13/h1-4,7-8,10,12H,5-6,14H2. The predicted molar refractivity (Wildman–Crippen MR) is 61.6 cm³/mol. The highest BCUT2D eigenvalue weighted by molar-refractivity contribution is 5.85. The Labute approximate surface area is 89.1 Å². The molecule has 0 saturated heterocycles. The van der Waals surface area contributed by atoms with Gasteiger partial charge in [0.25, 0.3) is 0 Å². The zero-order chi connectivity index (χ0) is 10.3. The molecule has 2 heteroatoms. The van der Waals surface area contributed by atoms with E-state index in [0.717, 1.165) is 6.54 Å². The molecule has 1 aromatic carbocycles. The molecule has 1 aliphatic carbocycles. The van der Waals surface area contributed by atoms with Gasteiger partial charge >= 0.3 is 0 Å². The molecule has 0 amide bonds. The summed E-state index contributed by atoms with van der Waals surface area (Å²) in [5.74, 6) is 1.33. The largest absolute Gasteiger partial charge is 0.330 e. The first-order valence-corrected chi connectivity index (χ1v) is 5.43. The Hall–Kier alpha value is -1.41. The molecule has 0 bridgehead atoms. The van der Waals surface area contributed by atoms with Crippen LogP contribution in [0, 0.1) is 5.92 Å². The van der Waals surface area contributed by atoms with Gasteiger partial charge in [0.2, 0.25) is 0 Å². The molecular formula is C13H14N2. The van der Waals surface area contributed by atoms with Crippen LogP contribution in [0.5, 0.6) is 0 Å². The highest BCUT2D eigenvalue weighted by Gasteiger charge is 2.37. The Morgan fingerprint density at radius 1 is 1.27 bits per heavy atom. The number of aromatic nitrogens is 1. The van der Waals surface area contributed by atoms with Crippen molar-refractivity contribution in [1.82, 2.24) is 4.98 Å². The quantitative estimate of drug-likeness (QED) is 0.804. The molecule has 2 aromatic rings. The Balaban J connectivity index is 2.11. The van der Waals surface area contributed by atoms with Crippen molar-refractivity contribution in [2.75, 3.05) is 6.54 Å². The van der Waals surface area contributed by atoms with Crippen molar-refractivity contribution in [2.24, 2.45) is 11.7 Å². The molecule has 1 aliphatic rings. The van der Waals surface area contributed by atoms with Gasteiger partial charge in [-0.25, -0.2) is 0 Å². The molecule has 2 unspecified atom stereocenters. The van der Waals surface area contributed by atoms with E-state index in [1.165, 1.54) is 22.8 Å². The number of pyridine rings is 1. The first-order chi connectivity index (χ1) is 7.40. The van der Waals surface area contributed by atoms with Crippen molar-refractivity contribution in [1.29, 1.82) is 0 Å². The molecular weight excluding hydrogens is 184 g/mol. The van der Waals surface area contributed by atoms with Gasteiger partial charge in [0.15, 0.2) is 0 Å². The number of fused-ring (bicyclic) bond motifs is 1. The minimum Gasteiger partial charge on any atom is -0.330 e. The highest BCUT2D eigenvalue weighted by atomic mass is 14.7. The maximum Gasteiger partial charge on any atom is 0.0346 e. The van der Waals surface area contributed by atoms with E-state index in [1.807, 2.05) is 12.4 Å². The van der Waals surface area contributed by atoms with Crippen LogP contribution in [-0.2, 0) is 0 Å². The van der Waals surface area contributed by atoms with E-state index in [1.54, 1.807) is 0 Å². The van der Waals surface area contributed by atoms with E-state index in [4.69, 9.17) is 5.73 Å². The summed E-state index contributed by atoms with van der Waals surface area (Å²) in [6.07, 6.45) is 5.16. The SMILES string of the molecule is NCC1CC1c1cncc2ccccc12. The lowest BCUT2D eigenvalue weighted by molar-refractivity contribution is 0.810. The van der Waals surface area contributed by atoms with Crippen LogP contribution in [0.4, 0.5) is 0 Å². The molecule has 3 rings (SSSR count). The molecule has 2 nitrogen and oxygen atoms in total. The summed E-state index contributed by atoms with van der Waals surface area (Å²) in [6, 6.07) is 8.44. The first kappa shape index (κ1) is 8.86. The van der Waals surface area contributed by atoms with E-state index in [9.17, 15) is 0 Å². The van der Waals surface area contributed by atoms with Crippen LogP contribution >= 0.6 is 0 Å². The molecule has 0 radical (unpaired) electrons. The molecule has 76 valence electrons. The highest BCUT2D eigenvalue weighted by Crippen LogP contribution is 2.48. The second-order valence-corrected chi connectivity index (χ2v) is 4.29. The Kier molecular flexibility index (Phi) is 1.96. The fourth-order valence-corrected chi connectivity index (χ4v) is 2.32. The van der Waals surface area contributed by atoms with E-state index < -0.39 is 0 Å². The van der Waals surface area contributed by atoms with Crippen molar-refractivity contribution in [3.8, 4) is 0 Å². The lowest BCUT2D eigenvalue weighted by atomic mass is 10.0. The van der Waals surface area contributed by atoms with Crippen LogP contribution in [0.3, 0.4) is 0 Å². The molecule has 0 spiro atoms. The van der Waals surface area contributed by atoms with Crippen molar-refractivity contribution in [2.45, 2.75) is 12.3 Å². The van der Waals surface area contributed by atoms with Crippen LogP contribution in [0.25, 0.3) is 10.8 Å². The topological polar surface area (TPSA) is 38.9 Å². The number of rotatable bonds is 2. The minimum absolute atomic E-state index is 0.647. The Morgan fingerprint density at radius 3 is 2.93 bits per heavy atom. The lowest BCUT2D eigenvalue weighted by Crippen LogP contribution is -2.02. The molecule has 0 aliphatic heterocycles. The smallest absolute Gasteiger partial charge is 0.0346 e. The summed E-state index contributed by atoms with van der Waals surface area (Å²) in [6.45, 7) is 0.799. The molecule has 1 heterocycles. The number of nitrogens with zero attached hydrogens (tertiary/aromatic N) is 1. The number of hydrogen-bond donors (Lipinski definition) is 1. The van der Waals surface area contributed by atoms with Gasteiger partial charge in [0, 0.05) is 17.8 Å². The second-order valence-electron chi connectivity index (χ2n) is 4.29. The average Bonchev–Trinajstić information content (AvgIpc) is 3.07.